The lowest BCUT2D eigenvalue weighted by Crippen LogP contribution is -2.02. The molecule has 0 aliphatic carbocycles. The predicted molar refractivity (Wildman–Crippen MR) is 77.3 cm³/mol. The molecule has 19 heavy (non-hydrogen) atoms. The Bertz CT molecular complexity index is 548. The molecule has 0 aliphatic rings. The van der Waals surface area contributed by atoms with Crippen LogP contribution >= 0.6 is 11.3 Å². The molecule has 1 heterocycles. The summed E-state index contributed by atoms with van der Waals surface area (Å²) in [6.07, 6.45) is -0.00118. The molecule has 1 N–H and O–H groups in total. The van der Waals surface area contributed by atoms with Crippen LogP contribution < -0.4 is 9.47 Å². The Labute approximate surface area is 117 Å². The third-order valence-electron chi connectivity index (χ3n) is 3.01. The van der Waals surface area contributed by atoms with Gasteiger partial charge >= 0.3 is 0 Å². The smallest absolute Gasteiger partial charge is 0.129 e. The van der Waals surface area contributed by atoms with Gasteiger partial charge in [-0.25, -0.2) is 0 Å². The number of aliphatic hydroxyl groups is 1. The minimum atomic E-state index is -0.537. The van der Waals surface area contributed by atoms with Crippen molar-refractivity contribution in [3.05, 3.63) is 45.6 Å². The van der Waals surface area contributed by atoms with E-state index < -0.39 is 6.10 Å². The van der Waals surface area contributed by atoms with E-state index in [9.17, 15) is 5.11 Å². The van der Waals surface area contributed by atoms with E-state index in [4.69, 9.17) is 9.47 Å². The lowest BCUT2D eigenvalue weighted by atomic mass is 10.0. The van der Waals surface area contributed by atoms with Gasteiger partial charge in [0.2, 0.25) is 0 Å². The maximum Gasteiger partial charge on any atom is 0.129 e. The molecule has 3 nitrogen and oxygen atoms in total. The molecule has 1 atom stereocenters. The monoisotopic (exact) mass is 278 g/mol. The number of benzene rings is 1. The zero-order valence-corrected chi connectivity index (χ0v) is 12.2. The highest BCUT2D eigenvalue weighted by atomic mass is 32.1. The van der Waals surface area contributed by atoms with E-state index in [0.29, 0.717) is 6.42 Å². The predicted octanol–water partition coefficient (Wildman–Crippen LogP) is 3.35. The summed E-state index contributed by atoms with van der Waals surface area (Å²) in [5, 5.41) is 12.2. The Balaban J connectivity index is 2.18. The van der Waals surface area contributed by atoms with E-state index in [-0.39, 0.29) is 0 Å². The van der Waals surface area contributed by atoms with Crippen LogP contribution in [0, 0.1) is 6.92 Å². The number of rotatable bonds is 5. The summed E-state index contributed by atoms with van der Waals surface area (Å²) in [6.45, 7) is 2.03. The third kappa shape index (κ3) is 3.28. The molecule has 4 heteroatoms. The minimum absolute atomic E-state index is 0.536. The van der Waals surface area contributed by atoms with Crippen molar-refractivity contribution in [2.45, 2.75) is 19.4 Å². The Hall–Kier alpha value is -1.52. The molecule has 0 radical (unpaired) electrons. The van der Waals surface area contributed by atoms with Crippen molar-refractivity contribution in [2.75, 3.05) is 14.2 Å². The van der Waals surface area contributed by atoms with Crippen LogP contribution in [0.3, 0.4) is 0 Å². The average Bonchev–Trinajstić information content (AvgIpc) is 2.88. The quantitative estimate of drug-likeness (QED) is 0.911. The van der Waals surface area contributed by atoms with Gasteiger partial charge in [0.1, 0.15) is 11.5 Å². The third-order valence-corrected chi connectivity index (χ3v) is 4.02. The second-order valence-corrected chi connectivity index (χ2v) is 5.37. The van der Waals surface area contributed by atoms with Crippen molar-refractivity contribution in [1.82, 2.24) is 0 Å². The fourth-order valence-corrected chi connectivity index (χ4v) is 2.83. The van der Waals surface area contributed by atoms with Crippen LogP contribution in [0.4, 0.5) is 0 Å². The Morgan fingerprint density at radius 2 is 2.00 bits per heavy atom. The van der Waals surface area contributed by atoms with E-state index in [1.165, 1.54) is 11.3 Å². The minimum Gasteiger partial charge on any atom is -0.496 e. The zero-order chi connectivity index (χ0) is 13.8. The highest BCUT2D eigenvalue weighted by Gasteiger charge is 2.14. The van der Waals surface area contributed by atoms with Crippen molar-refractivity contribution < 1.29 is 14.6 Å². The molecule has 1 aromatic heterocycles. The first kappa shape index (κ1) is 13.9. The van der Waals surface area contributed by atoms with Gasteiger partial charge < -0.3 is 14.6 Å². The number of ether oxygens (including phenoxy) is 2. The molecule has 0 bridgehead atoms. The molecule has 0 amide bonds. The van der Waals surface area contributed by atoms with E-state index in [0.717, 1.165) is 27.5 Å². The Morgan fingerprint density at radius 3 is 2.63 bits per heavy atom. The second-order valence-electron chi connectivity index (χ2n) is 4.42. The van der Waals surface area contributed by atoms with E-state index in [1.807, 2.05) is 36.6 Å². The van der Waals surface area contributed by atoms with Crippen molar-refractivity contribution in [2.24, 2.45) is 0 Å². The van der Waals surface area contributed by atoms with Gasteiger partial charge in [-0.2, -0.15) is 0 Å². The van der Waals surface area contributed by atoms with Gasteiger partial charge in [0.15, 0.2) is 0 Å². The van der Waals surface area contributed by atoms with Crippen LogP contribution in [0.1, 0.15) is 22.1 Å². The molecular weight excluding hydrogens is 260 g/mol. The van der Waals surface area contributed by atoms with Crippen LogP contribution in [-0.2, 0) is 6.42 Å². The fourth-order valence-electron chi connectivity index (χ4n) is 1.99. The maximum atomic E-state index is 10.3. The molecule has 0 spiro atoms. The first-order valence-corrected chi connectivity index (χ1v) is 6.96. The normalized spacial score (nSPS) is 12.2. The zero-order valence-electron chi connectivity index (χ0n) is 11.3. The van der Waals surface area contributed by atoms with Crippen molar-refractivity contribution in [1.29, 1.82) is 0 Å². The molecule has 0 saturated heterocycles. The largest absolute Gasteiger partial charge is 0.496 e. The molecular formula is C15H18O3S. The number of hydrogen-bond donors (Lipinski definition) is 1. The second kappa shape index (κ2) is 6.08. The van der Waals surface area contributed by atoms with Crippen molar-refractivity contribution in [3.8, 4) is 11.5 Å². The Morgan fingerprint density at radius 1 is 1.21 bits per heavy atom. The van der Waals surface area contributed by atoms with E-state index in [1.54, 1.807) is 14.2 Å². The van der Waals surface area contributed by atoms with Crippen LogP contribution in [0.25, 0.3) is 0 Å². The van der Waals surface area contributed by atoms with Crippen LogP contribution in [0.2, 0.25) is 0 Å². The van der Waals surface area contributed by atoms with Gasteiger partial charge in [-0.15, -0.1) is 11.3 Å². The molecule has 1 unspecified atom stereocenters. The summed E-state index contributed by atoms with van der Waals surface area (Å²) in [6, 6.07) is 7.86. The number of methoxy groups -OCH3 is 2. The first-order chi connectivity index (χ1) is 9.13. The highest BCUT2D eigenvalue weighted by molar-refractivity contribution is 7.10. The summed E-state index contributed by atoms with van der Waals surface area (Å²) >= 11 is 1.50. The molecule has 2 aromatic rings. The summed E-state index contributed by atoms with van der Waals surface area (Å²) < 4.78 is 10.5. The standard InChI is InChI=1S/C15H18O3S/c1-10-4-5-14(18-3)11(6-10)7-13(16)15-8-12(17-2)9-19-15/h4-6,8-9,13,16H,7H2,1-3H3. The van der Waals surface area contributed by atoms with Crippen LogP contribution in [0.5, 0.6) is 11.5 Å². The average molecular weight is 278 g/mol. The van der Waals surface area contributed by atoms with Gasteiger partial charge in [0, 0.05) is 16.7 Å². The van der Waals surface area contributed by atoms with Gasteiger partial charge in [0.05, 0.1) is 20.3 Å². The molecule has 1 aromatic carbocycles. The fraction of sp³-hybridized carbons (Fsp3) is 0.333. The lowest BCUT2D eigenvalue weighted by Gasteiger charge is -2.13. The van der Waals surface area contributed by atoms with Crippen molar-refractivity contribution in [3.63, 3.8) is 0 Å². The number of hydrogen-bond acceptors (Lipinski definition) is 4. The summed E-state index contributed by atoms with van der Waals surface area (Å²) in [4.78, 5) is 0.903. The van der Waals surface area contributed by atoms with Crippen LogP contribution in [-0.4, -0.2) is 19.3 Å². The molecule has 2 rings (SSSR count). The molecule has 0 saturated carbocycles. The van der Waals surface area contributed by atoms with Gasteiger partial charge in [-0.3, -0.25) is 0 Å². The molecule has 0 aliphatic heterocycles. The van der Waals surface area contributed by atoms with Gasteiger partial charge in [-0.05, 0) is 24.6 Å². The summed E-state index contributed by atoms with van der Waals surface area (Å²) in [7, 11) is 3.27. The Kier molecular flexibility index (Phi) is 4.45. The van der Waals surface area contributed by atoms with E-state index in [2.05, 4.69) is 0 Å². The van der Waals surface area contributed by atoms with Gasteiger partial charge in [-0.1, -0.05) is 17.7 Å². The lowest BCUT2D eigenvalue weighted by molar-refractivity contribution is 0.181. The summed E-state index contributed by atoms with van der Waals surface area (Å²) in [5.74, 6) is 1.60. The first-order valence-electron chi connectivity index (χ1n) is 6.08. The maximum absolute atomic E-state index is 10.3. The highest BCUT2D eigenvalue weighted by Crippen LogP contribution is 2.31. The number of aliphatic hydroxyl groups excluding tert-OH is 1. The SMILES string of the molecule is COc1csc(C(O)Cc2cc(C)ccc2OC)c1. The van der Waals surface area contributed by atoms with Gasteiger partial charge in [0.25, 0.3) is 0 Å². The molecule has 102 valence electrons. The molecule has 0 fully saturated rings. The van der Waals surface area contributed by atoms with Crippen molar-refractivity contribution >= 4 is 11.3 Å². The summed E-state index contributed by atoms with van der Waals surface area (Å²) in [5.41, 5.74) is 2.18. The van der Waals surface area contributed by atoms with Crippen LogP contribution in [0.15, 0.2) is 29.6 Å². The van der Waals surface area contributed by atoms with E-state index >= 15 is 0 Å². The number of aryl methyl sites for hydroxylation is 1. The number of thiophene rings is 1. The topological polar surface area (TPSA) is 38.7 Å².